The van der Waals surface area contributed by atoms with Gasteiger partial charge in [-0.25, -0.2) is 0 Å². The van der Waals surface area contributed by atoms with Crippen molar-refractivity contribution in [2.45, 2.75) is 55.4 Å². The van der Waals surface area contributed by atoms with Crippen molar-refractivity contribution in [3.05, 3.63) is 348 Å². The fraction of sp³-hybridized carbons (Fsp3) is 0.0833. The zero-order valence-corrected chi connectivity index (χ0v) is 60.1. The third-order valence-corrected chi connectivity index (χ3v) is 23.0. The van der Waals surface area contributed by atoms with Crippen LogP contribution in [0.4, 0.5) is 68.2 Å². The van der Waals surface area contributed by atoms with Crippen LogP contribution in [0.15, 0.2) is 303 Å². The molecule has 102 heavy (non-hydrogen) atoms. The highest BCUT2D eigenvalue weighted by molar-refractivity contribution is 7.26. The number of rotatable bonds is 13. The number of nitrogens with zero attached hydrogens (tertiary/aromatic N) is 4. The molecule has 0 fully saturated rings. The van der Waals surface area contributed by atoms with Crippen molar-refractivity contribution in [2.24, 2.45) is 0 Å². The van der Waals surface area contributed by atoms with Crippen LogP contribution < -0.4 is 19.6 Å². The molecule has 4 nitrogen and oxygen atoms in total. The molecule has 2 heterocycles. The van der Waals surface area contributed by atoms with Crippen LogP contribution in [0.5, 0.6) is 0 Å². The normalized spacial score (nSPS) is 11.7. The molecule has 2 aromatic heterocycles. The zero-order valence-electron chi connectivity index (χ0n) is 58.5. The standard InChI is InChI=1S/C96H74N4S2/c1-59-22-31-72(32-23-59)99(87-21-10-9-17-64(87)6)80-38-43-85-70(57-80)29-48-91-95(85)96-86-44-39-81(58-71(86)30-49-92(96)102-91)100(73-33-24-60(2)25-34-73)88-45-26-67(53-66(88)8)82-40-35-77(54-65(82)7)98(76-20-13-16-63(5)52-76)79-37-42-84-69(56-79)28-47-90-94(84)93-83-41-36-78(55-68(83)27-46-89(93)101-90)97(74-18-11-14-61(3)50-74)75-19-12-15-62(4)51-75/h9-58H,1-8H3. The Morgan fingerprint density at radius 1 is 0.206 bits per heavy atom. The molecule has 0 saturated carbocycles. The summed E-state index contributed by atoms with van der Waals surface area (Å²) in [5, 5.41) is 15.2. The summed E-state index contributed by atoms with van der Waals surface area (Å²) in [6.07, 6.45) is 0. The van der Waals surface area contributed by atoms with E-state index in [4.69, 9.17) is 0 Å². The number of hydrogen-bond donors (Lipinski definition) is 0. The summed E-state index contributed by atoms with van der Waals surface area (Å²) in [7, 11) is 0. The fourth-order valence-electron chi connectivity index (χ4n) is 15.8. The number of aryl methyl sites for hydroxylation is 8. The lowest BCUT2D eigenvalue weighted by atomic mass is 9.96. The first kappa shape index (κ1) is 62.5. The van der Waals surface area contributed by atoms with E-state index < -0.39 is 0 Å². The molecule has 0 amide bonds. The van der Waals surface area contributed by atoms with Crippen molar-refractivity contribution in [2.75, 3.05) is 19.6 Å². The second-order valence-electron chi connectivity index (χ2n) is 27.9. The summed E-state index contributed by atoms with van der Waals surface area (Å²) < 4.78 is 5.18. The first-order valence-corrected chi connectivity index (χ1v) is 36.9. The van der Waals surface area contributed by atoms with E-state index in [1.807, 2.05) is 22.7 Å². The van der Waals surface area contributed by atoms with Crippen LogP contribution in [0.1, 0.15) is 44.5 Å². The molecule has 0 unspecified atom stereocenters. The van der Waals surface area contributed by atoms with Crippen molar-refractivity contribution >= 4 is 174 Å². The van der Waals surface area contributed by atoms with Gasteiger partial charge in [0.2, 0.25) is 0 Å². The number of fused-ring (bicyclic) bond motifs is 14. The van der Waals surface area contributed by atoms with Crippen LogP contribution in [-0.4, -0.2) is 0 Å². The van der Waals surface area contributed by atoms with Gasteiger partial charge in [0.1, 0.15) is 0 Å². The van der Waals surface area contributed by atoms with E-state index in [9.17, 15) is 0 Å². The van der Waals surface area contributed by atoms with Crippen LogP contribution in [0.3, 0.4) is 0 Å². The van der Waals surface area contributed by atoms with Gasteiger partial charge in [0.05, 0.1) is 0 Å². The molecule has 0 N–H and O–H groups in total. The Labute approximate surface area is 604 Å². The van der Waals surface area contributed by atoms with Crippen LogP contribution in [0.25, 0.3) is 94.6 Å². The van der Waals surface area contributed by atoms with Gasteiger partial charge < -0.3 is 19.6 Å². The lowest BCUT2D eigenvalue weighted by Crippen LogP contribution is -2.11. The molecule has 0 radical (unpaired) electrons. The average molecular weight is 1350 g/mol. The molecule has 0 aliphatic carbocycles. The van der Waals surface area contributed by atoms with Gasteiger partial charge in [-0.3, -0.25) is 0 Å². The molecule has 6 heteroatoms. The van der Waals surface area contributed by atoms with E-state index in [-0.39, 0.29) is 0 Å². The third kappa shape index (κ3) is 11.0. The van der Waals surface area contributed by atoms with Crippen molar-refractivity contribution in [3.8, 4) is 11.1 Å². The predicted octanol–water partition coefficient (Wildman–Crippen LogP) is 29.0. The van der Waals surface area contributed by atoms with Gasteiger partial charge in [0.15, 0.2) is 0 Å². The van der Waals surface area contributed by atoms with Gasteiger partial charge in [0, 0.05) is 109 Å². The Bertz CT molecular complexity index is 6350. The molecule has 0 aliphatic heterocycles. The smallest absolute Gasteiger partial charge is 0.0491 e. The highest BCUT2D eigenvalue weighted by Crippen LogP contribution is 2.50. The van der Waals surface area contributed by atoms with Gasteiger partial charge in [0.25, 0.3) is 0 Å². The Hall–Kier alpha value is -11.8. The monoisotopic (exact) mass is 1350 g/mol. The van der Waals surface area contributed by atoms with Crippen LogP contribution >= 0.6 is 22.7 Å². The number of para-hydroxylation sites is 1. The lowest BCUT2D eigenvalue weighted by molar-refractivity contribution is 1.25. The van der Waals surface area contributed by atoms with Crippen molar-refractivity contribution in [3.63, 3.8) is 0 Å². The van der Waals surface area contributed by atoms with Crippen LogP contribution in [0.2, 0.25) is 0 Å². The number of benzene rings is 16. The average Bonchev–Trinajstić information content (AvgIpc) is 1.55. The second-order valence-corrected chi connectivity index (χ2v) is 30.1. The molecular weight excluding hydrogens is 1270 g/mol. The Morgan fingerprint density at radius 2 is 0.549 bits per heavy atom. The molecule has 0 saturated heterocycles. The Morgan fingerprint density at radius 3 is 0.922 bits per heavy atom. The maximum absolute atomic E-state index is 2.44. The maximum atomic E-state index is 2.44. The first-order valence-electron chi connectivity index (χ1n) is 35.3. The van der Waals surface area contributed by atoms with E-state index >= 15 is 0 Å². The van der Waals surface area contributed by atoms with E-state index in [1.54, 1.807) is 0 Å². The van der Waals surface area contributed by atoms with Gasteiger partial charge in [-0.15, -0.1) is 22.7 Å². The molecule has 0 atom stereocenters. The van der Waals surface area contributed by atoms with E-state index in [2.05, 4.69) is 378 Å². The molecule has 0 aliphatic rings. The van der Waals surface area contributed by atoms with Crippen molar-refractivity contribution < 1.29 is 0 Å². The lowest BCUT2D eigenvalue weighted by Gasteiger charge is -2.28. The SMILES string of the molecule is Cc1ccc(N(c2ccc3c(ccc4sc5ccc6cc(N(c7ccc(C)cc7)c7ccc(-c8ccc(N(c9cccc(C)c9)c9ccc%10c(ccc%11sc%12ccc%13cc(N(c%14cccc(C)c%14)c%14cccc(C)c%14)ccc%13c%12c%11%10)c9)cc8C)cc7C)ccc6c5c43)c2)c2ccccc2C)cc1. The summed E-state index contributed by atoms with van der Waals surface area (Å²) >= 11 is 3.77. The van der Waals surface area contributed by atoms with Crippen LogP contribution in [0, 0.1) is 55.4 Å². The third-order valence-electron chi connectivity index (χ3n) is 20.8. The summed E-state index contributed by atoms with van der Waals surface area (Å²) in [4.78, 5) is 9.65. The minimum absolute atomic E-state index is 1.11. The highest BCUT2D eigenvalue weighted by atomic mass is 32.1. The first-order chi connectivity index (χ1) is 49.8. The largest absolute Gasteiger partial charge is 0.310 e. The van der Waals surface area contributed by atoms with Gasteiger partial charge in [-0.05, 0) is 307 Å². The number of hydrogen-bond acceptors (Lipinski definition) is 6. The number of anilines is 12. The van der Waals surface area contributed by atoms with E-state index in [0.29, 0.717) is 0 Å². The molecule has 490 valence electrons. The molecule has 16 aromatic carbocycles. The van der Waals surface area contributed by atoms with E-state index in [1.165, 1.54) is 145 Å². The van der Waals surface area contributed by atoms with Gasteiger partial charge >= 0.3 is 0 Å². The maximum Gasteiger partial charge on any atom is 0.0491 e. The van der Waals surface area contributed by atoms with Crippen molar-refractivity contribution in [1.82, 2.24) is 0 Å². The summed E-state index contributed by atoms with van der Waals surface area (Å²) in [5.41, 5.74) is 25.8. The number of thiophene rings is 2. The van der Waals surface area contributed by atoms with Gasteiger partial charge in [-0.2, -0.15) is 0 Å². The van der Waals surface area contributed by atoms with Crippen LogP contribution in [-0.2, 0) is 0 Å². The topological polar surface area (TPSA) is 13.0 Å². The highest BCUT2D eigenvalue weighted by Gasteiger charge is 2.24. The predicted molar refractivity (Wildman–Crippen MR) is 444 cm³/mol. The summed E-state index contributed by atoms with van der Waals surface area (Å²) in [6.45, 7) is 17.6. The molecular formula is C96H74N4S2. The quantitative estimate of drug-likeness (QED) is 0.114. The molecule has 18 rings (SSSR count). The fourth-order valence-corrected chi connectivity index (χ4v) is 18.1. The minimum Gasteiger partial charge on any atom is -0.310 e. The minimum atomic E-state index is 1.11. The molecule has 18 aromatic rings. The summed E-state index contributed by atoms with van der Waals surface area (Å²) in [5.74, 6) is 0. The zero-order chi connectivity index (χ0) is 69.0. The van der Waals surface area contributed by atoms with E-state index in [0.717, 1.165) is 62.6 Å². The van der Waals surface area contributed by atoms with Crippen molar-refractivity contribution in [1.29, 1.82) is 0 Å². The Kier molecular flexibility index (Phi) is 15.4. The summed E-state index contributed by atoms with van der Waals surface area (Å²) in [6, 6.07) is 114. The Balaban J connectivity index is 0.683. The second kappa shape index (κ2) is 25.1. The van der Waals surface area contributed by atoms with Gasteiger partial charge in [-0.1, -0.05) is 151 Å². The molecule has 0 bridgehead atoms. The molecule has 0 spiro atoms.